The number of nitrogens with zero attached hydrogens (tertiary/aromatic N) is 2. The molecule has 3 nitrogen and oxygen atoms in total. The van der Waals surface area contributed by atoms with Crippen molar-refractivity contribution in [1.82, 2.24) is 4.57 Å². The average Bonchev–Trinajstić information content (AvgIpc) is 4.19. The lowest BCUT2D eigenvalue weighted by Gasteiger charge is -2.35. The Morgan fingerprint density at radius 3 is 1.31 bits per heavy atom. The number of para-hydroxylation sites is 2. The highest BCUT2D eigenvalue weighted by Gasteiger charge is 2.48. The monoisotopic (exact) mass is 980 g/mol. The summed E-state index contributed by atoms with van der Waals surface area (Å²) in [5.41, 5.74) is 22.2. The molecule has 0 saturated carbocycles. The molecule has 0 atom stereocenters. The van der Waals surface area contributed by atoms with Crippen molar-refractivity contribution in [3.63, 3.8) is 0 Å². The molecule has 2 heterocycles. The number of benzene rings is 12. The number of fused-ring (bicyclic) bond motifs is 12. The summed E-state index contributed by atoms with van der Waals surface area (Å²) in [5.74, 6) is 0. The summed E-state index contributed by atoms with van der Waals surface area (Å²) in [6.45, 7) is 0. The summed E-state index contributed by atoms with van der Waals surface area (Å²) < 4.78 is 9.13. The van der Waals surface area contributed by atoms with Gasteiger partial charge < -0.3 is 13.9 Å². The van der Waals surface area contributed by atoms with Crippen LogP contribution in [0.1, 0.15) is 44.5 Å². The highest BCUT2D eigenvalue weighted by atomic mass is 16.3. The molecule has 12 aromatic carbocycles. The molecule has 0 saturated heterocycles. The van der Waals surface area contributed by atoms with Crippen molar-refractivity contribution in [2.75, 3.05) is 4.90 Å². The zero-order chi connectivity index (χ0) is 50.7. The van der Waals surface area contributed by atoms with Crippen molar-refractivity contribution in [1.29, 1.82) is 0 Å². The number of aromatic nitrogens is 1. The molecular formula is C74H48N2O. The summed E-state index contributed by atoms with van der Waals surface area (Å²) in [5, 5.41) is 4.55. The van der Waals surface area contributed by atoms with Crippen LogP contribution < -0.4 is 4.90 Å². The molecule has 0 spiro atoms. The van der Waals surface area contributed by atoms with Gasteiger partial charge in [0.2, 0.25) is 0 Å². The maximum absolute atomic E-state index is 6.69. The van der Waals surface area contributed by atoms with Gasteiger partial charge in [-0.25, -0.2) is 0 Å². The third-order valence-electron chi connectivity index (χ3n) is 16.9. The van der Waals surface area contributed by atoms with Crippen molar-refractivity contribution in [2.24, 2.45) is 0 Å². The lowest BCUT2D eigenvalue weighted by molar-refractivity contribution is 0.669. The molecule has 0 aliphatic heterocycles. The van der Waals surface area contributed by atoms with Crippen LogP contribution in [0, 0.1) is 0 Å². The second kappa shape index (κ2) is 16.8. The molecule has 360 valence electrons. The molecule has 0 unspecified atom stereocenters. The van der Waals surface area contributed by atoms with E-state index in [-0.39, 0.29) is 0 Å². The standard InChI is InChI=1S/C74H48N2O/c1-5-21-49(22-6-1)73(50-23-7-2-8-24-50)65-33-17-15-31-59(65)60-41-38-55(47-68(60)73)75(56-39-42-62-61-32-16-20-36-71(61)77-72(62)48-56)54-40-44-70-64(46-54)63-45-52(37-43-69(63)76(70)53-27-11-4-12-28-53)74(51-25-9-3-10-26-51)66-34-18-13-29-57(66)58-30-14-19-35-67(58)74/h1-48H. The predicted molar refractivity (Wildman–Crippen MR) is 317 cm³/mol. The number of hydrogen-bond acceptors (Lipinski definition) is 2. The zero-order valence-corrected chi connectivity index (χ0v) is 42.0. The zero-order valence-electron chi connectivity index (χ0n) is 42.0. The quantitative estimate of drug-likeness (QED) is 0.151. The van der Waals surface area contributed by atoms with Gasteiger partial charge in [-0.2, -0.15) is 0 Å². The van der Waals surface area contributed by atoms with Crippen LogP contribution in [0.5, 0.6) is 0 Å². The first-order valence-electron chi connectivity index (χ1n) is 26.7. The van der Waals surface area contributed by atoms with Gasteiger partial charge in [0.25, 0.3) is 0 Å². The van der Waals surface area contributed by atoms with E-state index in [1.807, 2.05) is 6.07 Å². The predicted octanol–water partition coefficient (Wildman–Crippen LogP) is 18.9. The van der Waals surface area contributed by atoms with E-state index in [2.05, 4.69) is 295 Å². The maximum Gasteiger partial charge on any atom is 0.137 e. The Morgan fingerprint density at radius 2 is 0.701 bits per heavy atom. The maximum atomic E-state index is 6.69. The van der Waals surface area contributed by atoms with Crippen LogP contribution in [-0.4, -0.2) is 4.57 Å². The summed E-state index contributed by atoms with van der Waals surface area (Å²) in [7, 11) is 0. The number of anilines is 3. The van der Waals surface area contributed by atoms with Crippen LogP contribution in [0.4, 0.5) is 17.1 Å². The van der Waals surface area contributed by atoms with E-state index in [0.717, 1.165) is 61.1 Å². The van der Waals surface area contributed by atoms with E-state index >= 15 is 0 Å². The van der Waals surface area contributed by atoms with Gasteiger partial charge in [0, 0.05) is 50.4 Å². The molecule has 77 heavy (non-hydrogen) atoms. The molecule has 2 aliphatic carbocycles. The molecular weight excluding hydrogens is 933 g/mol. The van der Waals surface area contributed by atoms with E-state index in [9.17, 15) is 0 Å². The first-order chi connectivity index (χ1) is 38.2. The van der Waals surface area contributed by atoms with E-state index in [1.54, 1.807) is 0 Å². The Bertz CT molecular complexity index is 4540. The smallest absolute Gasteiger partial charge is 0.137 e. The third-order valence-corrected chi connectivity index (χ3v) is 16.9. The molecule has 3 heteroatoms. The minimum atomic E-state index is -0.575. The fraction of sp³-hybridized carbons (Fsp3) is 0.0270. The van der Waals surface area contributed by atoms with Crippen molar-refractivity contribution in [3.8, 4) is 27.9 Å². The average molecular weight is 981 g/mol. The molecule has 0 radical (unpaired) electrons. The van der Waals surface area contributed by atoms with Gasteiger partial charge in [0.15, 0.2) is 0 Å². The lowest BCUT2D eigenvalue weighted by atomic mass is 9.67. The molecule has 0 fully saturated rings. The van der Waals surface area contributed by atoms with Crippen LogP contribution in [0.15, 0.2) is 296 Å². The Labute approximate surface area is 446 Å². The van der Waals surface area contributed by atoms with Gasteiger partial charge in [-0.05, 0) is 140 Å². The van der Waals surface area contributed by atoms with Crippen LogP contribution >= 0.6 is 0 Å². The van der Waals surface area contributed by atoms with Crippen LogP contribution in [0.25, 0.3) is 71.7 Å². The Morgan fingerprint density at radius 1 is 0.273 bits per heavy atom. The summed E-state index contributed by atoms with van der Waals surface area (Å²) in [6, 6.07) is 108. The third kappa shape index (κ3) is 6.14. The molecule has 0 bridgehead atoms. The van der Waals surface area contributed by atoms with E-state index in [0.29, 0.717) is 0 Å². The van der Waals surface area contributed by atoms with Crippen LogP contribution in [-0.2, 0) is 10.8 Å². The Balaban J connectivity index is 0.979. The highest BCUT2D eigenvalue weighted by molar-refractivity contribution is 6.12. The summed E-state index contributed by atoms with van der Waals surface area (Å²) >= 11 is 0. The fourth-order valence-corrected chi connectivity index (χ4v) is 13.8. The van der Waals surface area contributed by atoms with Gasteiger partial charge in [0.05, 0.1) is 21.9 Å². The Hall–Kier alpha value is -9.96. The number of rotatable bonds is 8. The van der Waals surface area contributed by atoms with Gasteiger partial charge in [-0.1, -0.05) is 212 Å². The lowest BCUT2D eigenvalue weighted by Crippen LogP contribution is -2.28. The van der Waals surface area contributed by atoms with Gasteiger partial charge in [0.1, 0.15) is 11.2 Å². The fourth-order valence-electron chi connectivity index (χ4n) is 13.8. The summed E-state index contributed by atoms with van der Waals surface area (Å²) in [4.78, 5) is 2.44. The molecule has 0 amide bonds. The van der Waals surface area contributed by atoms with Crippen molar-refractivity contribution in [2.45, 2.75) is 10.8 Å². The molecule has 2 aromatic heterocycles. The van der Waals surface area contributed by atoms with Gasteiger partial charge in [-0.3, -0.25) is 0 Å². The molecule has 2 aliphatic rings. The first-order valence-corrected chi connectivity index (χ1v) is 26.7. The van der Waals surface area contributed by atoms with E-state index < -0.39 is 10.8 Å². The largest absolute Gasteiger partial charge is 0.456 e. The highest BCUT2D eigenvalue weighted by Crippen LogP contribution is 2.59. The van der Waals surface area contributed by atoms with Crippen LogP contribution in [0.2, 0.25) is 0 Å². The molecule has 16 rings (SSSR count). The second-order valence-corrected chi connectivity index (χ2v) is 20.7. The van der Waals surface area contributed by atoms with Crippen molar-refractivity contribution in [3.05, 3.63) is 336 Å². The van der Waals surface area contributed by atoms with Crippen molar-refractivity contribution < 1.29 is 4.42 Å². The van der Waals surface area contributed by atoms with Gasteiger partial charge >= 0.3 is 0 Å². The minimum Gasteiger partial charge on any atom is -0.456 e. The van der Waals surface area contributed by atoms with E-state index in [4.69, 9.17) is 4.42 Å². The Kier molecular flexibility index (Phi) is 9.47. The first kappa shape index (κ1) is 43.4. The SMILES string of the molecule is c1ccc(-n2c3ccc(N(c4ccc5c(c4)C(c4ccccc4)(c4ccccc4)c4ccccc4-5)c4ccc5c(c4)oc4ccccc45)cc3c3cc(C4(c5ccccc5)c5ccccc5-c5ccccc54)ccc32)cc1. The second-order valence-electron chi connectivity index (χ2n) is 20.7. The van der Waals surface area contributed by atoms with Gasteiger partial charge in [-0.15, -0.1) is 0 Å². The van der Waals surface area contributed by atoms with E-state index in [1.165, 1.54) is 72.1 Å². The topological polar surface area (TPSA) is 21.3 Å². The van der Waals surface area contributed by atoms with Crippen molar-refractivity contribution >= 4 is 60.8 Å². The molecule has 0 N–H and O–H groups in total. The summed E-state index contributed by atoms with van der Waals surface area (Å²) in [6.07, 6.45) is 0. The molecule has 14 aromatic rings. The number of furan rings is 1. The van der Waals surface area contributed by atoms with Crippen LogP contribution in [0.3, 0.4) is 0 Å². The minimum absolute atomic E-state index is 0.554. The number of hydrogen-bond donors (Lipinski definition) is 0. The normalized spacial score (nSPS) is 13.7.